The highest BCUT2D eigenvalue weighted by Gasteiger charge is 2.13. The molecule has 3 nitrogen and oxygen atoms in total. The summed E-state index contributed by atoms with van der Waals surface area (Å²) in [5.41, 5.74) is 0. The Hall–Kier alpha value is -0.0900. The van der Waals surface area contributed by atoms with Gasteiger partial charge in [-0.25, -0.2) is 8.42 Å². The molecular weight excluding hydrogens is 198 g/mol. The second-order valence-electron chi connectivity index (χ2n) is 3.89. The number of unbranched alkanes of at least 4 members (excludes halogenated alkanes) is 1. The van der Waals surface area contributed by atoms with Crippen LogP contribution in [0.15, 0.2) is 0 Å². The van der Waals surface area contributed by atoms with Crippen molar-refractivity contribution in [2.75, 3.05) is 18.6 Å². The monoisotopic (exact) mass is 221 g/mol. The molecule has 1 N–H and O–H groups in total. The lowest BCUT2D eigenvalue weighted by molar-refractivity contribution is 0.490. The van der Waals surface area contributed by atoms with Crippen LogP contribution >= 0.6 is 0 Å². The first-order valence-electron chi connectivity index (χ1n) is 5.40. The first-order chi connectivity index (χ1) is 6.49. The van der Waals surface area contributed by atoms with Gasteiger partial charge in [-0.1, -0.05) is 26.7 Å². The van der Waals surface area contributed by atoms with Crippen LogP contribution in [-0.4, -0.2) is 33.0 Å². The van der Waals surface area contributed by atoms with Crippen molar-refractivity contribution in [2.45, 2.75) is 45.6 Å². The SMILES string of the molecule is CCCCC(CS(C)(=O)=O)NCCC. The Bertz CT molecular complexity index is 216. The fourth-order valence-electron chi connectivity index (χ4n) is 1.41. The zero-order chi connectivity index (χ0) is 11.0. The summed E-state index contributed by atoms with van der Waals surface area (Å²) in [6, 6.07) is 0.143. The predicted octanol–water partition coefficient (Wildman–Crippen LogP) is 1.59. The standard InChI is InChI=1S/C10H23NO2S/c1-4-6-7-10(11-8-5-2)9-14(3,12)13/h10-11H,4-9H2,1-3H3. The Morgan fingerprint density at radius 3 is 2.29 bits per heavy atom. The first kappa shape index (κ1) is 13.9. The van der Waals surface area contributed by atoms with Gasteiger partial charge in [0.05, 0.1) is 5.75 Å². The summed E-state index contributed by atoms with van der Waals surface area (Å²) < 4.78 is 22.3. The molecule has 0 aliphatic carbocycles. The molecule has 0 saturated heterocycles. The maximum Gasteiger partial charge on any atom is 0.148 e. The Morgan fingerprint density at radius 2 is 1.86 bits per heavy atom. The van der Waals surface area contributed by atoms with Crippen LogP contribution in [0.5, 0.6) is 0 Å². The fraction of sp³-hybridized carbons (Fsp3) is 1.00. The van der Waals surface area contributed by atoms with E-state index in [1.54, 1.807) is 0 Å². The van der Waals surface area contributed by atoms with Crippen molar-refractivity contribution in [3.05, 3.63) is 0 Å². The summed E-state index contributed by atoms with van der Waals surface area (Å²) in [4.78, 5) is 0. The van der Waals surface area contributed by atoms with Gasteiger partial charge in [0, 0.05) is 12.3 Å². The van der Waals surface area contributed by atoms with Crippen molar-refractivity contribution in [1.82, 2.24) is 5.32 Å². The minimum Gasteiger partial charge on any atom is -0.313 e. The minimum absolute atomic E-state index is 0.143. The molecule has 0 spiro atoms. The zero-order valence-corrected chi connectivity index (χ0v) is 10.4. The molecule has 0 rings (SSSR count). The van der Waals surface area contributed by atoms with E-state index < -0.39 is 9.84 Å². The van der Waals surface area contributed by atoms with E-state index in [1.165, 1.54) is 6.26 Å². The van der Waals surface area contributed by atoms with Crippen LogP contribution in [0, 0.1) is 0 Å². The molecular formula is C10H23NO2S. The van der Waals surface area contributed by atoms with Gasteiger partial charge in [0.15, 0.2) is 0 Å². The molecule has 4 heteroatoms. The van der Waals surface area contributed by atoms with Crippen LogP contribution in [0.2, 0.25) is 0 Å². The number of sulfone groups is 1. The minimum atomic E-state index is -2.85. The molecule has 0 heterocycles. The molecule has 0 radical (unpaired) electrons. The van der Waals surface area contributed by atoms with E-state index in [0.717, 1.165) is 32.2 Å². The van der Waals surface area contributed by atoms with Gasteiger partial charge in [0.2, 0.25) is 0 Å². The van der Waals surface area contributed by atoms with Crippen molar-refractivity contribution >= 4 is 9.84 Å². The molecule has 0 bridgehead atoms. The third-order valence-electron chi connectivity index (χ3n) is 2.09. The molecule has 0 aliphatic heterocycles. The lowest BCUT2D eigenvalue weighted by Crippen LogP contribution is -2.35. The lowest BCUT2D eigenvalue weighted by Gasteiger charge is -2.16. The molecule has 0 amide bonds. The number of rotatable bonds is 8. The van der Waals surface area contributed by atoms with Crippen LogP contribution in [0.25, 0.3) is 0 Å². The largest absolute Gasteiger partial charge is 0.313 e. The molecule has 14 heavy (non-hydrogen) atoms. The highest BCUT2D eigenvalue weighted by molar-refractivity contribution is 7.90. The van der Waals surface area contributed by atoms with Gasteiger partial charge in [-0.05, 0) is 19.4 Å². The van der Waals surface area contributed by atoms with Gasteiger partial charge >= 0.3 is 0 Å². The lowest BCUT2D eigenvalue weighted by atomic mass is 10.1. The van der Waals surface area contributed by atoms with E-state index in [2.05, 4.69) is 19.2 Å². The summed E-state index contributed by atoms with van der Waals surface area (Å²) in [5, 5.41) is 3.28. The summed E-state index contributed by atoms with van der Waals surface area (Å²) >= 11 is 0. The highest BCUT2D eigenvalue weighted by atomic mass is 32.2. The molecule has 1 atom stereocenters. The Kier molecular flexibility index (Phi) is 7.19. The van der Waals surface area contributed by atoms with Crippen LogP contribution in [0.3, 0.4) is 0 Å². The summed E-state index contributed by atoms with van der Waals surface area (Å²) in [6.07, 6.45) is 5.53. The predicted molar refractivity (Wildman–Crippen MR) is 61.3 cm³/mol. The maximum atomic E-state index is 11.1. The van der Waals surface area contributed by atoms with Crippen LogP contribution in [0.1, 0.15) is 39.5 Å². The summed E-state index contributed by atoms with van der Waals surface area (Å²) in [7, 11) is -2.85. The third kappa shape index (κ3) is 8.51. The second-order valence-corrected chi connectivity index (χ2v) is 6.07. The first-order valence-corrected chi connectivity index (χ1v) is 7.46. The van der Waals surface area contributed by atoms with Gasteiger partial charge in [0.1, 0.15) is 9.84 Å². The normalized spacial score (nSPS) is 14.2. The van der Waals surface area contributed by atoms with Crippen molar-refractivity contribution in [1.29, 1.82) is 0 Å². The molecule has 0 aromatic carbocycles. The molecule has 0 aromatic rings. The number of nitrogens with one attached hydrogen (secondary N) is 1. The Labute approximate surface area is 88.2 Å². The highest BCUT2D eigenvalue weighted by Crippen LogP contribution is 2.03. The van der Waals surface area contributed by atoms with Gasteiger partial charge in [-0.15, -0.1) is 0 Å². The molecule has 0 saturated carbocycles. The Balaban J connectivity index is 3.96. The van der Waals surface area contributed by atoms with E-state index in [9.17, 15) is 8.42 Å². The van der Waals surface area contributed by atoms with E-state index in [1.807, 2.05) is 0 Å². The van der Waals surface area contributed by atoms with E-state index in [-0.39, 0.29) is 11.8 Å². The van der Waals surface area contributed by atoms with Crippen molar-refractivity contribution in [3.8, 4) is 0 Å². The average Bonchev–Trinajstić information content (AvgIpc) is 2.07. The van der Waals surface area contributed by atoms with E-state index in [4.69, 9.17) is 0 Å². The number of hydrogen-bond donors (Lipinski definition) is 1. The van der Waals surface area contributed by atoms with Crippen molar-refractivity contribution < 1.29 is 8.42 Å². The van der Waals surface area contributed by atoms with Gasteiger partial charge in [-0.3, -0.25) is 0 Å². The molecule has 1 unspecified atom stereocenters. The van der Waals surface area contributed by atoms with Gasteiger partial charge in [0.25, 0.3) is 0 Å². The fourth-order valence-corrected chi connectivity index (χ4v) is 2.42. The molecule has 0 fully saturated rings. The van der Waals surface area contributed by atoms with Gasteiger partial charge < -0.3 is 5.32 Å². The molecule has 0 aliphatic rings. The second kappa shape index (κ2) is 7.23. The van der Waals surface area contributed by atoms with Crippen LogP contribution in [0.4, 0.5) is 0 Å². The van der Waals surface area contributed by atoms with Crippen molar-refractivity contribution in [3.63, 3.8) is 0 Å². The van der Waals surface area contributed by atoms with E-state index in [0.29, 0.717) is 0 Å². The van der Waals surface area contributed by atoms with Crippen LogP contribution < -0.4 is 5.32 Å². The zero-order valence-electron chi connectivity index (χ0n) is 9.54. The van der Waals surface area contributed by atoms with Crippen molar-refractivity contribution in [2.24, 2.45) is 0 Å². The number of hydrogen-bond acceptors (Lipinski definition) is 3. The topological polar surface area (TPSA) is 46.2 Å². The van der Waals surface area contributed by atoms with Gasteiger partial charge in [-0.2, -0.15) is 0 Å². The van der Waals surface area contributed by atoms with Crippen LogP contribution in [-0.2, 0) is 9.84 Å². The molecule has 86 valence electrons. The Morgan fingerprint density at radius 1 is 1.21 bits per heavy atom. The average molecular weight is 221 g/mol. The maximum absolute atomic E-state index is 11.1. The molecule has 0 aromatic heterocycles. The quantitative estimate of drug-likeness (QED) is 0.677. The summed E-state index contributed by atoms with van der Waals surface area (Å²) in [6.45, 7) is 5.12. The van der Waals surface area contributed by atoms with E-state index >= 15 is 0 Å². The summed E-state index contributed by atoms with van der Waals surface area (Å²) in [5.74, 6) is 0.271. The third-order valence-corrected chi connectivity index (χ3v) is 3.10. The smallest absolute Gasteiger partial charge is 0.148 e.